The van der Waals surface area contributed by atoms with Crippen LogP contribution >= 0.6 is 11.6 Å². The fraction of sp³-hybridized carbons (Fsp3) is 0.564. The lowest BCUT2D eigenvalue weighted by Crippen LogP contribution is -2.42. The van der Waals surface area contributed by atoms with E-state index in [9.17, 15) is 13.6 Å². The number of hydrogen-bond donors (Lipinski definition) is 0. The molecule has 2 aromatic carbocycles. The van der Waals surface area contributed by atoms with Gasteiger partial charge in [-0.3, -0.25) is 19.2 Å². The number of benzene rings is 2. The van der Waals surface area contributed by atoms with Crippen LogP contribution < -0.4 is 19.4 Å². The van der Waals surface area contributed by atoms with Crippen molar-refractivity contribution in [3.05, 3.63) is 87.8 Å². The number of fused-ring (bicyclic) bond motifs is 2. The Bertz CT molecular complexity index is 2770. The first-order valence-electron chi connectivity index (χ1n) is 26.4. The van der Waals surface area contributed by atoms with Gasteiger partial charge in [0, 0.05) is 144 Å². The van der Waals surface area contributed by atoms with Crippen molar-refractivity contribution >= 4 is 46.7 Å². The molecule has 72 heavy (non-hydrogen) atoms. The van der Waals surface area contributed by atoms with E-state index < -0.39 is 6.43 Å². The zero-order valence-electron chi connectivity index (χ0n) is 42.3. The highest BCUT2D eigenvalue weighted by molar-refractivity contribution is 6.33. The number of aliphatic imine (C=N–C) groups is 1. The number of rotatable bonds is 11. The second kappa shape index (κ2) is 20.4. The van der Waals surface area contributed by atoms with E-state index in [1.807, 2.05) is 23.2 Å². The van der Waals surface area contributed by atoms with Crippen LogP contribution in [-0.2, 0) is 31.2 Å². The molecule has 0 unspecified atom stereocenters. The first-order chi connectivity index (χ1) is 34.9. The smallest absolute Gasteiger partial charge is 0.264 e. The van der Waals surface area contributed by atoms with Gasteiger partial charge >= 0.3 is 0 Å². The van der Waals surface area contributed by atoms with Crippen molar-refractivity contribution < 1.29 is 18.3 Å². The van der Waals surface area contributed by atoms with Crippen LogP contribution in [-0.4, -0.2) is 123 Å². The molecule has 4 fully saturated rings. The number of anilines is 4. The lowest BCUT2D eigenvalue weighted by molar-refractivity contribution is -0.129. The van der Waals surface area contributed by atoms with E-state index in [0.717, 1.165) is 149 Å². The van der Waals surface area contributed by atoms with Gasteiger partial charge in [-0.25, -0.2) is 8.78 Å². The van der Waals surface area contributed by atoms with Crippen molar-refractivity contribution in [3.63, 3.8) is 0 Å². The Labute approximate surface area is 427 Å². The van der Waals surface area contributed by atoms with Gasteiger partial charge in [0.1, 0.15) is 6.10 Å². The Morgan fingerprint density at radius 2 is 1.78 bits per heavy atom. The number of aromatic nitrogens is 6. The van der Waals surface area contributed by atoms with Crippen molar-refractivity contribution in [2.45, 2.75) is 122 Å². The van der Waals surface area contributed by atoms with Crippen molar-refractivity contribution in [1.82, 2.24) is 39.6 Å². The fourth-order valence-electron chi connectivity index (χ4n) is 13.1. The number of nitrogens with zero attached hydrogens (tertiary/aromatic N) is 12. The summed E-state index contributed by atoms with van der Waals surface area (Å²) in [6, 6.07) is 14.8. The van der Waals surface area contributed by atoms with E-state index in [-0.39, 0.29) is 29.0 Å². The molecule has 0 N–H and O–H groups in total. The van der Waals surface area contributed by atoms with E-state index in [2.05, 4.69) is 75.8 Å². The molecular weight excluding hydrogens is 934 g/mol. The average Bonchev–Trinajstić information content (AvgIpc) is 4.09. The quantitative estimate of drug-likeness (QED) is 0.119. The zero-order valence-corrected chi connectivity index (χ0v) is 43.1. The van der Waals surface area contributed by atoms with Gasteiger partial charge in [-0.15, -0.1) is 10.2 Å². The number of halogens is 3. The van der Waals surface area contributed by atoms with Gasteiger partial charge in [0.2, 0.25) is 11.8 Å². The molecule has 3 saturated heterocycles. The van der Waals surface area contributed by atoms with Crippen LogP contribution in [0, 0.1) is 11.3 Å². The van der Waals surface area contributed by atoms with E-state index in [1.165, 1.54) is 17.8 Å². The highest BCUT2D eigenvalue weighted by Crippen LogP contribution is 2.47. The number of amides is 1. The Hall–Kier alpha value is -5.61. The van der Waals surface area contributed by atoms with Gasteiger partial charge in [-0.05, 0) is 136 Å². The van der Waals surface area contributed by atoms with Gasteiger partial charge in [-0.2, -0.15) is 10.2 Å². The maximum Gasteiger partial charge on any atom is 0.264 e. The summed E-state index contributed by atoms with van der Waals surface area (Å²) in [5.41, 5.74) is 7.73. The molecule has 6 aliphatic rings. The van der Waals surface area contributed by atoms with E-state index in [1.54, 1.807) is 44.2 Å². The summed E-state index contributed by atoms with van der Waals surface area (Å²) in [4.78, 5) is 28.4. The minimum Gasteiger partial charge on any atom is -0.473 e. The summed E-state index contributed by atoms with van der Waals surface area (Å²) in [5, 5.41) is 19.6. The SMILES string of the molecule is CN=Cc1ccc(N2CC3(CCN(c4ccc(OC5CCN(CC6CCC(n7nc(N8CCCc9cc(-c%10cnn(C)c%10)c(C(F)F)cc98)c8c7CCN(C(C)=O)C8)CC6)CC5)nn4)CC3)C[C@@H]2C)cc1Cl. The van der Waals surface area contributed by atoms with Gasteiger partial charge in [-0.1, -0.05) is 11.6 Å². The summed E-state index contributed by atoms with van der Waals surface area (Å²) in [5.74, 6) is 3.00. The normalized spacial score (nSPS) is 22.9. The van der Waals surface area contributed by atoms with Crippen LogP contribution in [0.15, 0.2) is 59.9 Å². The number of piperidine rings is 2. The first-order valence-corrected chi connectivity index (χ1v) is 26.8. The van der Waals surface area contributed by atoms with Gasteiger partial charge in [0.25, 0.3) is 6.43 Å². The molecule has 1 aliphatic carbocycles. The highest BCUT2D eigenvalue weighted by atomic mass is 35.5. The molecule has 5 aromatic rings. The number of carbonyl (C=O) groups is 1. The summed E-state index contributed by atoms with van der Waals surface area (Å²) in [6.07, 6.45) is 14.8. The van der Waals surface area contributed by atoms with Crippen LogP contribution in [0.2, 0.25) is 5.02 Å². The van der Waals surface area contributed by atoms with E-state index in [0.29, 0.717) is 48.6 Å². The van der Waals surface area contributed by atoms with Gasteiger partial charge in [0.05, 0.1) is 23.8 Å². The lowest BCUT2D eigenvalue weighted by Gasteiger charge is -2.39. The molecule has 1 atom stereocenters. The molecule has 8 heterocycles. The Morgan fingerprint density at radius 3 is 2.47 bits per heavy atom. The third kappa shape index (κ3) is 9.81. The average molecular weight is 1000 g/mol. The maximum absolute atomic E-state index is 14.8. The molecule has 1 amide bonds. The predicted molar refractivity (Wildman–Crippen MR) is 279 cm³/mol. The summed E-state index contributed by atoms with van der Waals surface area (Å²) in [6.45, 7) is 11.9. The largest absolute Gasteiger partial charge is 0.473 e. The van der Waals surface area contributed by atoms with Crippen molar-refractivity contribution in [2.24, 2.45) is 23.4 Å². The number of likely N-dealkylation sites (tertiary alicyclic amines) is 1. The second-order valence-corrected chi connectivity index (χ2v) is 22.1. The van der Waals surface area contributed by atoms with E-state index in [4.69, 9.17) is 21.4 Å². The standard InChI is InChI=1S/C55H69ClF2N12O2/c1-36-29-55(35-69(36)43-12-9-40(30-59-3)48(56)27-43)18-24-66(25-19-55)51-13-14-52(62-61-51)72-44-15-21-65(22-16-44)32-38-7-10-42(11-8-38)70-49-17-23-67(37(2)71)34-47(49)54(63-70)68-20-5-6-39-26-45(41-31-60-64(4)33-41)46(53(57)58)28-50(39)68/h9,12-14,26-28,30-31,33,36,38,42,44,53H,5-8,10-11,15-25,29,32,34-35H2,1-4H3/t36-,38?,42?/m0/s1. The van der Waals surface area contributed by atoms with Crippen LogP contribution in [0.25, 0.3) is 11.1 Å². The van der Waals surface area contributed by atoms with Gasteiger partial charge < -0.3 is 29.2 Å². The lowest BCUT2D eigenvalue weighted by atomic mass is 9.77. The molecule has 1 saturated carbocycles. The molecule has 17 heteroatoms. The Balaban J connectivity index is 0.672. The van der Waals surface area contributed by atoms with Crippen molar-refractivity contribution in [2.75, 3.05) is 74.1 Å². The molecule has 0 bridgehead atoms. The molecule has 1 spiro atoms. The van der Waals surface area contributed by atoms with Gasteiger partial charge in [0.15, 0.2) is 11.6 Å². The Kier molecular flexibility index (Phi) is 13.8. The minimum atomic E-state index is -2.64. The van der Waals surface area contributed by atoms with Crippen molar-refractivity contribution in [1.29, 1.82) is 0 Å². The summed E-state index contributed by atoms with van der Waals surface area (Å²) in [7, 11) is 3.57. The van der Waals surface area contributed by atoms with Crippen LogP contribution in [0.5, 0.6) is 5.88 Å². The Morgan fingerprint density at radius 1 is 0.972 bits per heavy atom. The van der Waals surface area contributed by atoms with Crippen molar-refractivity contribution in [3.8, 4) is 17.0 Å². The molecule has 14 nitrogen and oxygen atoms in total. The number of ether oxygens (including phenoxy) is 1. The molecule has 11 rings (SSSR count). The van der Waals surface area contributed by atoms with Crippen LogP contribution in [0.4, 0.5) is 31.8 Å². The predicted octanol–water partition coefficient (Wildman–Crippen LogP) is 9.86. The first kappa shape index (κ1) is 48.6. The second-order valence-electron chi connectivity index (χ2n) is 21.7. The number of carbonyl (C=O) groups excluding carboxylic acids is 1. The minimum absolute atomic E-state index is 0.00377. The molecular formula is C55H69ClF2N12O2. The number of alkyl halides is 2. The molecule has 0 radical (unpaired) electrons. The molecule has 382 valence electrons. The fourth-order valence-corrected chi connectivity index (χ4v) is 13.3. The monoisotopic (exact) mass is 1000 g/mol. The molecule has 5 aliphatic heterocycles. The van der Waals surface area contributed by atoms with E-state index >= 15 is 0 Å². The summed E-state index contributed by atoms with van der Waals surface area (Å²) < 4.78 is 39.9. The van der Waals surface area contributed by atoms with Crippen LogP contribution in [0.1, 0.15) is 118 Å². The maximum atomic E-state index is 14.8. The zero-order chi connectivity index (χ0) is 49.7. The number of hydrogen-bond acceptors (Lipinski definition) is 11. The third-order valence-electron chi connectivity index (χ3n) is 17.0. The third-order valence-corrected chi connectivity index (χ3v) is 17.3. The number of aryl methyl sites for hydroxylation is 2. The van der Waals surface area contributed by atoms with Crippen LogP contribution in [0.3, 0.4) is 0 Å². The summed E-state index contributed by atoms with van der Waals surface area (Å²) >= 11 is 6.62. The molecule has 3 aromatic heterocycles. The highest BCUT2D eigenvalue weighted by Gasteiger charge is 2.44. The topological polar surface area (TPSA) is 116 Å².